The first kappa shape index (κ1) is 20.2. The number of benzene rings is 1. The third kappa shape index (κ3) is 3.70. The number of aromatic nitrogens is 3. The van der Waals surface area contributed by atoms with Gasteiger partial charge in [0.2, 0.25) is 0 Å². The van der Waals surface area contributed by atoms with Crippen LogP contribution in [-0.2, 0) is 0 Å². The highest BCUT2D eigenvalue weighted by atomic mass is 16.5. The number of fused-ring (bicyclic) bond motifs is 1. The van der Waals surface area contributed by atoms with E-state index in [1.54, 1.807) is 6.07 Å². The number of nitrogens with zero attached hydrogens (tertiary/aromatic N) is 3. The molecule has 1 saturated carbocycles. The predicted molar refractivity (Wildman–Crippen MR) is 115 cm³/mol. The van der Waals surface area contributed by atoms with E-state index in [4.69, 9.17) is 20.6 Å². The average molecular weight is 409 g/mol. The van der Waals surface area contributed by atoms with Crippen molar-refractivity contribution in [2.75, 3.05) is 19.0 Å². The van der Waals surface area contributed by atoms with Gasteiger partial charge in [-0.15, -0.1) is 0 Å². The van der Waals surface area contributed by atoms with E-state index in [-0.39, 0.29) is 0 Å². The van der Waals surface area contributed by atoms with Crippen LogP contribution in [0.1, 0.15) is 43.1 Å². The maximum Gasteiger partial charge on any atom is 0.409 e. The molecule has 1 aliphatic carbocycles. The number of nitrogens with one attached hydrogen (secondary N) is 1. The van der Waals surface area contributed by atoms with Gasteiger partial charge in [0.15, 0.2) is 0 Å². The highest BCUT2D eigenvalue weighted by Crippen LogP contribution is 2.39. The van der Waals surface area contributed by atoms with Crippen LogP contribution in [0.25, 0.3) is 16.8 Å². The molecule has 1 aliphatic rings. The largest absolute Gasteiger partial charge is 0.495 e. The van der Waals surface area contributed by atoms with Gasteiger partial charge >= 0.3 is 6.09 Å². The molecule has 1 aromatic carbocycles. The van der Waals surface area contributed by atoms with Gasteiger partial charge in [-0.2, -0.15) is 0 Å². The van der Waals surface area contributed by atoms with Gasteiger partial charge in [-0.1, -0.05) is 6.07 Å². The molecular formula is C22H27N5O3. The normalized spacial score (nSPS) is 19.0. The second-order valence-corrected chi connectivity index (χ2v) is 7.85. The molecule has 2 aromatic heterocycles. The van der Waals surface area contributed by atoms with Crippen molar-refractivity contribution < 1.29 is 14.6 Å². The van der Waals surface area contributed by atoms with Gasteiger partial charge in [0.25, 0.3) is 0 Å². The highest BCUT2D eigenvalue weighted by Gasteiger charge is 2.27. The maximum atomic E-state index is 11.0. The van der Waals surface area contributed by atoms with Crippen LogP contribution in [0.3, 0.4) is 0 Å². The van der Waals surface area contributed by atoms with E-state index in [1.165, 1.54) is 7.11 Å². The number of carbonyl (C=O) groups is 1. The van der Waals surface area contributed by atoms with E-state index in [9.17, 15) is 4.79 Å². The second kappa shape index (κ2) is 8.31. The van der Waals surface area contributed by atoms with Crippen LogP contribution in [-0.4, -0.2) is 39.2 Å². The Hall–Kier alpha value is -3.13. The molecule has 0 bridgehead atoms. The number of methoxy groups -OCH3 is 1. The molecule has 1 fully saturated rings. The Morgan fingerprint density at radius 3 is 2.77 bits per heavy atom. The quantitative estimate of drug-likeness (QED) is 0.586. The van der Waals surface area contributed by atoms with Gasteiger partial charge in [-0.25, -0.2) is 9.78 Å². The Labute approximate surface area is 175 Å². The Morgan fingerprint density at radius 1 is 1.33 bits per heavy atom. The van der Waals surface area contributed by atoms with E-state index in [0.717, 1.165) is 60.5 Å². The number of imidazole rings is 1. The molecule has 30 heavy (non-hydrogen) atoms. The van der Waals surface area contributed by atoms with Gasteiger partial charge in [0, 0.05) is 23.9 Å². The van der Waals surface area contributed by atoms with Gasteiger partial charge < -0.3 is 15.6 Å². The van der Waals surface area contributed by atoms with E-state index in [1.807, 2.05) is 31.5 Å². The molecule has 3 aromatic rings. The van der Waals surface area contributed by atoms with Gasteiger partial charge in [0.1, 0.15) is 11.6 Å². The molecule has 0 aliphatic heterocycles. The lowest BCUT2D eigenvalue weighted by Crippen LogP contribution is -2.21. The van der Waals surface area contributed by atoms with Crippen LogP contribution in [0.5, 0.6) is 5.75 Å². The van der Waals surface area contributed by atoms with Crippen LogP contribution < -0.4 is 15.8 Å². The van der Waals surface area contributed by atoms with Crippen molar-refractivity contribution in [3.63, 3.8) is 0 Å². The minimum absolute atomic E-state index is 0.380. The smallest absolute Gasteiger partial charge is 0.409 e. The number of anilines is 1. The van der Waals surface area contributed by atoms with E-state index < -0.39 is 6.09 Å². The van der Waals surface area contributed by atoms with Crippen molar-refractivity contribution >= 4 is 17.3 Å². The third-order valence-corrected chi connectivity index (χ3v) is 6.03. The fraction of sp³-hybridized carbons (Fsp3) is 0.409. The van der Waals surface area contributed by atoms with Crippen LogP contribution >= 0.6 is 0 Å². The molecule has 158 valence electrons. The standard InChI is InChI=1S/C22H27N5O3/c1-13-20-19(16-7-8-17(25-22(28)29)18(11-16)30-2)26-21(27(20)10-9-24-13)15-5-3-14(12-23)4-6-15/h7-11,14-15,25H,3-6,12,23H2,1-2H3,(H,28,29)/t14-,15-. The number of hydrogen-bond donors (Lipinski definition) is 3. The fourth-order valence-electron chi connectivity index (χ4n) is 4.42. The van der Waals surface area contributed by atoms with Gasteiger partial charge in [-0.3, -0.25) is 14.7 Å². The summed E-state index contributed by atoms with van der Waals surface area (Å²) in [6.07, 6.45) is 7.05. The second-order valence-electron chi connectivity index (χ2n) is 7.85. The van der Waals surface area contributed by atoms with Crippen LogP contribution in [0.2, 0.25) is 0 Å². The zero-order valence-corrected chi connectivity index (χ0v) is 17.3. The van der Waals surface area contributed by atoms with Gasteiger partial charge in [0.05, 0.1) is 29.7 Å². The minimum Gasteiger partial charge on any atom is -0.495 e. The average Bonchev–Trinajstić information content (AvgIpc) is 3.15. The lowest BCUT2D eigenvalue weighted by Gasteiger charge is -2.26. The van der Waals surface area contributed by atoms with E-state index >= 15 is 0 Å². The third-order valence-electron chi connectivity index (χ3n) is 6.03. The predicted octanol–water partition coefficient (Wildman–Crippen LogP) is 4.04. The molecule has 0 atom stereocenters. The summed E-state index contributed by atoms with van der Waals surface area (Å²) < 4.78 is 7.56. The summed E-state index contributed by atoms with van der Waals surface area (Å²) in [6.45, 7) is 2.73. The molecule has 8 heteroatoms. The Bertz CT molecular complexity index is 1070. The lowest BCUT2D eigenvalue weighted by molar-refractivity contribution is 0.209. The fourth-order valence-corrected chi connectivity index (χ4v) is 4.42. The van der Waals surface area contributed by atoms with E-state index in [2.05, 4.69) is 14.7 Å². The maximum absolute atomic E-state index is 11.0. The number of nitrogens with two attached hydrogens (primary N) is 1. The molecule has 4 N–H and O–H groups in total. The summed E-state index contributed by atoms with van der Waals surface area (Å²) in [5, 5.41) is 11.4. The van der Waals surface area contributed by atoms with Gasteiger partial charge in [-0.05, 0) is 57.2 Å². The van der Waals surface area contributed by atoms with E-state index in [0.29, 0.717) is 23.3 Å². The van der Waals surface area contributed by atoms with Crippen molar-refractivity contribution in [1.29, 1.82) is 0 Å². The summed E-state index contributed by atoms with van der Waals surface area (Å²) in [6, 6.07) is 5.37. The summed E-state index contributed by atoms with van der Waals surface area (Å²) in [4.78, 5) is 20.6. The van der Waals surface area contributed by atoms with Crippen LogP contribution in [0.15, 0.2) is 30.6 Å². The minimum atomic E-state index is -1.14. The van der Waals surface area contributed by atoms with Crippen molar-refractivity contribution in [3.05, 3.63) is 42.1 Å². The Balaban J connectivity index is 1.79. The Kier molecular flexibility index (Phi) is 5.59. The number of amides is 1. The van der Waals surface area contributed by atoms with Crippen molar-refractivity contribution in [1.82, 2.24) is 14.4 Å². The number of rotatable bonds is 5. The summed E-state index contributed by atoms with van der Waals surface area (Å²) in [5.41, 5.74) is 9.81. The topological polar surface area (TPSA) is 115 Å². The number of carboxylic acid groups (broad SMARTS) is 1. The number of hydrogen-bond acceptors (Lipinski definition) is 5. The summed E-state index contributed by atoms with van der Waals surface area (Å²) in [5.74, 6) is 2.48. The molecule has 0 radical (unpaired) electrons. The van der Waals surface area contributed by atoms with Crippen molar-refractivity contribution in [2.24, 2.45) is 11.7 Å². The molecule has 4 rings (SSSR count). The molecular weight excluding hydrogens is 382 g/mol. The molecule has 1 amide bonds. The van der Waals surface area contributed by atoms with Crippen molar-refractivity contribution in [3.8, 4) is 17.0 Å². The SMILES string of the molecule is COc1cc(-c2nc([C@H]3CC[C@H](CN)CC3)n3ccnc(C)c23)ccc1NC(=O)O. The summed E-state index contributed by atoms with van der Waals surface area (Å²) in [7, 11) is 1.52. The van der Waals surface area contributed by atoms with Crippen molar-refractivity contribution in [2.45, 2.75) is 38.5 Å². The molecule has 0 spiro atoms. The lowest BCUT2D eigenvalue weighted by atomic mass is 9.81. The van der Waals surface area contributed by atoms with Crippen LogP contribution in [0, 0.1) is 12.8 Å². The Morgan fingerprint density at radius 2 is 2.10 bits per heavy atom. The highest BCUT2D eigenvalue weighted by molar-refractivity contribution is 5.88. The monoisotopic (exact) mass is 409 g/mol. The first-order chi connectivity index (χ1) is 14.5. The first-order valence-electron chi connectivity index (χ1n) is 10.2. The molecule has 0 unspecified atom stereocenters. The summed E-state index contributed by atoms with van der Waals surface area (Å²) >= 11 is 0. The zero-order valence-electron chi connectivity index (χ0n) is 17.3. The first-order valence-corrected chi connectivity index (χ1v) is 10.2. The molecule has 8 nitrogen and oxygen atoms in total. The zero-order chi connectivity index (χ0) is 21.3. The van der Waals surface area contributed by atoms with Crippen LogP contribution in [0.4, 0.5) is 10.5 Å². The molecule has 0 saturated heterocycles. The number of ether oxygens (including phenoxy) is 1. The number of aryl methyl sites for hydroxylation is 1. The molecule has 2 heterocycles.